The molecule has 0 aromatic carbocycles. The summed E-state index contributed by atoms with van der Waals surface area (Å²) in [5, 5.41) is 3.58. The molecule has 4 heteroatoms. The molecular weight excluding hydrogens is 296 g/mol. The SMILES string of the molecule is CCNC(=NCC1CCN(C2CC2)C1)N1CCC2(CCCCC2)C1. The summed E-state index contributed by atoms with van der Waals surface area (Å²) < 4.78 is 0. The van der Waals surface area contributed by atoms with Gasteiger partial charge in [-0.2, -0.15) is 0 Å². The first kappa shape index (κ1) is 16.7. The fraction of sp³-hybridized carbons (Fsp3) is 0.950. The van der Waals surface area contributed by atoms with Crippen LogP contribution in [-0.2, 0) is 0 Å². The minimum absolute atomic E-state index is 0.616. The fourth-order valence-corrected chi connectivity index (χ4v) is 5.25. The van der Waals surface area contributed by atoms with Crippen LogP contribution in [0.15, 0.2) is 4.99 Å². The highest BCUT2D eigenvalue weighted by Gasteiger charge is 2.40. The van der Waals surface area contributed by atoms with Gasteiger partial charge in [-0.1, -0.05) is 19.3 Å². The molecule has 0 bridgehead atoms. The van der Waals surface area contributed by atoms with E-state index in [-0.39, 0.29) is 0 Å². The Hall–Kier alpha value is -0.770. The van der Waals surface area contributed by atoms with E-state index >= 15 is 0 Å². The van der Waals surface area contributed by atoms with Gasteiger partial charge in [-0.25, -0.2) is 0 Å². The molecule has 136 valence electrons. The molecule has 2 saturated carbocycles. The van der Waals surface area contributed by atoms with Crippen molar-refractivity contribution in [1.82, 2.24) is 15.1 Å². The molecule has 0 aromatic heterocycles. The van der Waals surface area contributed by atoms with Crippen molar-refractivity contribution in [3.63, 3.8) is 0 Å². The number of hydrogen-bond donors (Lipinski definition) is 1. The zero-order valence-electron chi connectivity index (χ0n) is 15.6. The van der Waals surface area contributed by atoms with Crippen LogP contribution in [0.25, 0.3) is 0 Å². The predicted molar refractivity (Wildman–Crippen MR) is 100 cm³/mol. The summed E-state index contributed by atoms with van der Waals surface area (Å²) in [5.74, 6) is 1.98. The average molecular weight is 333 g/mol. The molecule has 2 aliphatic heterocycles. The van der Waals surface area contributed by atoms with Crippen molar-refractivity contribution in [3.05, 3.63) is 0 Å². The molecule has 1 spiro atoms. The van der Waals surface area contributed by atoms with E-state index < -0.39 is 0 Å². The molecule has 1 atom stereocenters. The molecular formula is C20H36N4. The lowest BCUT2D eigenvalue weighted by Gasteiger charge is -2.33. The van der Waals surface area contributed by atoms with Gasteiger partial charge in [0.2, 0.25) is 0 Å². The summed E-state index contributed by atoms with van der Waals surface area (Å²) in [7, 11) is 0. The Bertz CT molecular complexity index is 451. The Labute approximate surface area is 148 Å². The Morgan fingerprint density at radius 2 is 1.92 bits per heavy atom. The highest BCUT2D eigenvalue weighted by atomic mass is 15.3. The summed E-state index contributed by atoms with van der Waals surface area (Å²) in [6, 6.07) is 0.928. The molecule has 1 N–H and O–H groups in total. The second kappa shape index (κ2) is 7.23. The topological polar surface area (TPSA) is 30.9 Å². The van der Waals surface area contributed by atoms with Gasteiger partial charge in [-0.15, -0.1) is 0 Å². The summed E-state index contributed by atoms with van der Waals surface area (Å²) in [6.45, 7) is 9.27. The van der Waals surface area contributed by atoms with Crippen LogP contribution in [0.4, 0.5) is 0 Å². The zero-order chi connectivity index (χ0) is 16.4. The monoisotopic (exact) mass is 332 g/mol. The maximum atomic E-state index is 5.07. The van der Waals surface area contributed by atoms with Crippen molar-refractivity contribution in [2.24, 2.45) is 16.3 Å². The number of rotatable bonds is 4. The van der Waals surface area contributed by atoms with E-state index in [4.69, 9.17) is 4.99 Å². The van der Waals surface area contributed by atoms with Crippen LogP contribution >= 0.6 is 0 Å². The highest BCUT2D eigenvalue weighted by Crippen LogP contribution is 2.43. The molecule has 4 fully saturated rings. The van der Waals surface area contributed by atoms with Crippen LogP contribution in [0, 0.1) is 11.3 Å². The molecule has 4 aliphatic rings. The normalized spacial score (nSPS) is 31.1. The maximum Gasteiger partial charge on any atom is 0.193 e. The Kier molecular flexibility index (Phi) is 5.03. The van der Waals surface area contributed by atoms with Gasteiger partial charge in [0.25, 0.3) is 0 Å². The number of aliphatic imine (C=N–C) groups is 1. The minimum Gasteiger partial charge on any atom is -0.357 e. The largest absolute Gasteiger partial charge is 0.357 e. The zero-order valence-corrected chi connectivity index (χ0v) is 15.6. The van der Waals surface area contributed by atoms with Gasteiger partial charge >= 0.3 is 0 Å². The third-order valence-electron chi connectivity index (χ3n) is 6.87. The number of guanidine groups is 1. The van der Waals surface area contributed by atoms with E-state index in [1.807, 2.05) is 0 Å². The van der Waals surface area contributed by atoms with Crippen molar-refractivity contribution in [2.75, 3.05) is 39.3 Å². The third-order valence-corrected chi connectivity index (χ3v) is 6.87. The molecule has 0 amide bonds. The summed E-state index contributed by atoms with van der Waals surface area (Å²) in [4.78, 5) is 10.4. The molecule has 2 heterocycles. The van der Waals surface area contributed by atoms with Crippen LogP contribution in [0.2, 0.25) is 0 Å². The van der Waals surface area contributed by atoms with Crippen LogP contribution in [0.5, 0.6) is 0 Å². The van der Waals surface area contributed by atoms with E-state index in [2.05, 4.69) is 22.0 Å². The van der Waals surface area contributed by atoms with Crippen molar-refractivity contribution in [2.45, 2.75) is 70.8 Å². The second-order valence-electron chi connectivity index (χ2n) is 8.81. The summed E-state index contributed by atoms with van der Waals surface area (Å²) in [5.41, 5.74) is 0.616. The quantitative estimate of drug-likeness (QED) is 0.634. The summed E-state index contributed by atoms with van der Waals surface area (Å²) >= 11 is 0. The first-order valence-corrected chi connectivity index (χ1v) is 10.6. The van der Waals surface area contributed by atoms with Gasteiger partial charge in [0.15, 0.2) is 5.96 Å². The Balaban J connectivity index is 1.33. The molecule has 4 rings (SSSR count). The molecule has 0 radical (unpaired) electrons. The summed E-state index contributed by atoms with van der Waals surface area (Å²) in [6.07, 6.45) is 12.8. The van der Waals surface area contributed by atoms with E-state index in [1.165, 1.54) is 89.9 Å². The second-order valence-corrected chi connectivity index (χ2v) is 8.81. The van der Waals surface area contributed by atoms with Gasteiger partial charge in [0.1, 0.15) is 0 Å². The molecule has 24 heavy (non-hydrogen) atoms. The van der Waals surface area contributed by atoms with Crippen LogP contribution < -0.4 is 5.32 Å². The van der Waals surface area contributed by atoms with E-state index in [9.17, 15) is 0 Å². The average Bonchev–Trinajstić information content (AvgIpc) is 3.22. The predicted octanol–water partition coefficient (Wildman–Crippen LogP) is 3.09. The molecule has 2 saturated heterocycles. The smallest absolute Gasteiger partial charge is 0.193 e. The van der Waals surface area contributed by atoms with Gasteiger partial charge in [-0.3, -0.25) is 4.99 Å². The minimum atomic E-state index is 0.616. The van der Waals surface area contributed by atoms with Crippen LogP contribution in [-0.4, -0.2) is 61.1 Å². The van der Waals surface area contributed by atoms with Crippen LogP contribution in [0.3, 0.4) is 0 Å². The standard InChI is InChI=1S/C20H36N4/c1-2-21-19(22-14-17-8-12-23(15-17)18-6-7-18)24-13-11-20(16-24)9-4-3-5-10-20/h17-18H,2-16H2,1H3,(H,21,22). The maximum absolute atomic E-state index is 5.07. The van der Waals surface area contributed by atoms with Gasteiger partial charge in [0, 0.05) is 38.8 Å². The molecule has 1 unspecified atom stereocenters. The fourth-order valence-electron chi connectivity index (χ4n) is 5.25. The molecule has 4 nitrogen and oxygen atoms in total. The van der Waals surface area contributed by atoms with Crippen molar-refractivity contribution in [3.8, 4) is 0 Å². The number of nitrogens with zero attached hydrogens (tertiary/aromatic N) is 3. The van der Waals surface area contributed by atoms with E-state index in [1.54, 1.807) is 0 Å². The number of likely N-dealkylation sites (tertiary alicyclic amines) is 2. The van der Waals surface area contributed by atoms with Crippen LogP contribution in [0.1, 0.15) is 64.7 Å². The van der Waals surface area contributed by atoms with Crippen molar-refractivity contribution < 1.29 is 0 Å². The van der Waals surface area contributed by atoms with E-state index in [0.717, 1.165) is 25.0 Å². The molecule has 0 aromatic rings. The van der Waals surface area contributed by atoms with E-state index in [0.29, 0.717) is 5.41 Å². The Morgan fingerprint density at radius 1 is 1.08 bits per heavy atom. The lowest BCUT2D eigenvalue weighted by molar-refractivity contribution is 0.203. The lowest BCUT2D eigenvalue weighted by Crippen LogP contribution is -2.42. The lowest BCUT2D eigenvalue weighted by atomic mass is 9.73. The highest BCUT2D eigenvalue weighted by molar-refractivity contribution is 5.80. The Morgan fingerprint density at radius 3 is 2.67 bits per heavy atom. The third kappa shape index (κ3) is 3.74. The first-order valence-electron chi connectivity index (χ1n) is 10.6. The van der Waals surface area contributed by atoms with Gasteiger partial charge in [0.05, 0.1) is 0 Å². The van der Waals surface area contributed by atoms with Crippen molar-refractivity contribution in [1.29, 1.82) is 0 Å². The first-order chi connectivity index (χ1) is 11.8. The molecule has 2 aliphatic carbocycles. The van der Waals surface area contributed by atoms with Gasteiger partial charge in [-0.05, 0) is 63.3 Å². The number of hydrogen-bond acceptors (Lipinski definition) is 2. The number of nitrogens with one attached hydrogen (secondary N) is 1. The van der Waals surface area contributed by atoms with Gasteiger partial charge < -0.3 is 15.1 Å². The van der Waals surface area contributed by atoms with Crippen molar-refractivity contribution >= 4 is 5.96 Å².